The number of ether oxygens (including phenoxy) is 2. The van der Waals surface area contributed by atoms with Crippen LogP contribution < -0.4 is 19.5 Å². The van der Waals surface area contributed by atoms with Crippen molar-refractivity contribution in [3.8, 4) is 11.5 Å². The highest BCUT2D eigenvalue weighted by molar-refractivity contribution is 7.92. The smallest absolute Gasteiger partial charge is 0.265 e. The Hall–Kier alpha value is -3.23. The number of sulfonamides is 1. The fourth-order valence-electron chi connectivity index (χ4n) is 2.66. The summed E-state index contributed by atoms with van der Waals surface area (Å²) in [5, 5.41) is 3.12. The van der Waals surface area contributed by atoms with Crippen molar-refractivity contribution in [1.29, 1.82) is 0 Å². The molecule has 3 rings (SSSR count). The summed E-state index contributed by atoms with van der Waals surface area (Å²) in [7, 11) is -2.25. The minimum Gasteiger partial charge on any atom is -0.497 e. The Labute approximate surface area is 186 Å². The van der Waals surface area contributed by atoms with E-state index in [1.807, 2.05) is 0 Å². The minimum absolute atomic E-state index is 0.0474. The number of rotatable bonds is 8. The first-order valence-corrected chi connectivity index (χ1v) is 11.1. The molecule has 3 aromatic rings. The van der Waals surface area contributed by atoms with Crippen LogP contribution in [0.15, 0.2) is 77.7 Å². The molecule has 0 aliphatic heterocycles. The van der Waals surface area contributed by atoms with Crippen LogP contribution in [0.2, 0.25) is 5.02 Å². The molecule has 9 heteroatoms. The van der Waals surface area contributed by atoms with Gasteiger partial charge in [-0.15, -0.1) is 0 Å². The maximum atomic E-state index is 12.5. The normalized spacial score (nSPS) is 12.0. The third-order valence-electron chi connectivity index (χ3n) is 4.23. The van der Waals surface area contributed by atoms with Gasteiger partial charge in [-0.25, -0.2) is 8.42 Å². The van der Waals surface area contributed by atoms with Gasteiger partial charge in [0.2, 0.25) is 0 Å². The molecule has 0 saturated heterocycles. The van der Waals surface area contributed by atoms with Crippen LogP contribution >= 0.6 is 11.6 Å². The lowest BCUT2D eigenvalue weighted by molar-refractivity contribution is -0.122. The van der Waals surface area contributed by atoms with E-state index < -0.39 is 16.1 Å². The molecule has 0 aromatic heterocycles. The van der Waals surface area contributed by atoms with Crippen LogP contribution in [0.3, 0.4) is 0 Å². The van der Waals surface area contributed by atoms with Gasteiger partial charge in [-0.2, -0.15) is 0 Å². The van der Waals surface area contributed by atoms with Crippen molar-refractivity contribution in [3.05, 3.63) is 77.8 Å². The van der Waals surface area contributed by atoms with Crippen LogP contribution in [0.4, 0.5) is 11.4 Å². The summed E-state index contributed by atoms with van der Waals surface area (Å²) in [4.78, 5) is 12.5. The first kappa shape index (κ1) is 22.5. The van der Waals surface area contributed by atoms with Gasteiger partial charge in [0.15, 0.2) is 6.10 Å². The van der Waals surface area contributed by atoms with Gasteiger partial charge in [0.1, 0.15) is 11.5 Å². The third-order valence-corrected chi connectivity index (χ3v) is 5.86. The zero-order valence-electron chi connectivity index (χ0n) is 16.8. The monoisotopic (exact) mass is 460 g/mol. The molecule has 0 heterocycles. The van der Waals surface area contributed by atoms with Gasteiger partial charge in [0, 0.05) is 16.8 Å². The zero-order chi connectivity index (χ0) is 22.4. The average molecular weight is 461 g/mol. The van der Waals surface area contributed by atoms with Crippen molar-refractivity contribution < 1.29 is 22.7 Å². The molecule has 3 aromatic carbocycles. The maximum absolute atomic E-state index is 12.5. The van der Waals surface area contributed by atoms with Crippen LogP contribution in [0.1, 0.15) is 6.92 Å². The second-order valence-electron chi connectivity index (χ2n) is 6.57. The Bertz CT molecular complexity index is 1170. The van der Waals surface area contributed by atoms with E-state index >= 15 is 0 Å². The highest BCUT2D eigenvalue weighted by atomic mass is 35.5. The van der Waals surface area contributed by atoms with Crippen molar-refractivity contribution in [1.82, 2.24) is 0 Å². The van der Waals surface area contributed by atoms with Crippen molar-refractivity contribution in [2.75, 3.05) is 17.1 Å². The lowest BCUT2D eigenvalue weighted by Crippen LogP contribution is -2.30. The average Bonchev–Trinajstić information content (AvgIpc) is 2.74. The molecule has 2 N–H and O–H groups in total. The van der Waals surface area contributed by atoms with Gasteiger partial charge in [0.05, 0.1) is 17.7 Å². The van der Waals surface area contributed by atoms with Crippen LogP contribution in [0, 0.1) is 0 Å². The van der Waals surface area contributed by atoms with Crippen LogP contribution in [-0.4, -0.2) is 27.5 Å². The fraction of sp³-hybridized carbons (Fsp3) is 0.136. The standard InChI is InChI=1S/C22H21ClN2O5S/c1-15(30-20-8-4-7-19(14-20)29-2)22(26)24-17-9-11-21(12-10-17)31(27,28)25-18-6-3-5-16(23)13-18/h3-15,25H,1-2H3,(H,24,26)/t15-/m1/s1. The van der Waals surface area contributed by atoms with Crippen molar-refractivity contribution in [3.63, 3.8) is 0 Å². The molecule has 7 nitrogen and oxygen atoms in total. The van der Waals surface area contributed by atoms with Gasteiger partial charge in [-0.1, -0.05) is 23.7 Å². The van der Waals surface area contributed by atoms with E-state index in [0.717, 1.165) is 0 Å². The van der Waals surface area contributed by atoms with Gasteiger partial charge in [-0.05, 0) is 61.5 Å². The van der Waals surface area contributed by atoms with Crippen molar-refractivity contribution >= 4 is 38.9 Å². The van der Waals surface area contributed by atoms with Crippen LogP contribution in [0.5, 0.6) is 11.5 Å². The topological polar surface area (TPSA) is 93.7 Å². The highest BCUT2D eigenvalue weighted by Gasteiger charge is 2.17. The molecule has 0 bridgehead atoms. The molecule has 0 aliphatic rings. The fourth-order valence-corrected chi connectivity index (χ4v) is 3.90. The number of benzene rings is 3. The Morgan fingerprint density at radius 1 is 0.935 bits per heavy atom. The molecule has 0 unspecified atom stereocenters. The number of nitrogens with one attached hydrogen (secondary N) is 2. The quantitative estimate of drug-likeness (QED) is 0.514. The molecular weight excluding hydrogens is 440 g/mol. The van der Waals surface area contributed by atoms with Gasteiger partial charge in [-0.3, -0.25) is 9.52 Å². The Balaban J connectivity index is 1.63. The second kappa shape index (κ2) is 9.72. The SMILES string of the molecule is COc1cccc(O[C@H](C)C(=O)Nc2ccc(S(=O)(=O)Nc3cccc(Cl)c3)cc2)c1. The minimum atomic E-state index is -3.80. The number of carbonyl (C=O) groups is 1. The Morgan fingerprint density at radius 2 is 1.61 bits per heavy atom. The highest BCUT2D eigenvalue weighted by Crippen LogP contribution is 2.22. The molecule has 0 saturated carbocycles. The lowest BCUT2D eigenvalue weighted by Gasteiger charge is -2.15. The Morgan fingerprint density at radius 3 is 2.29 bits per heavy atom. The van der Waals surface area contributed by atoms with Gasteiger partial charge < -0.3 is 14.8 Å². The number of hydrogen-bond acceptors (Lipinski definition) is 5. The molecule has 31 heavy (non-hydrogen) atoms. The number of methoxy groups -OCH3 is 1. The van der Waals surface area contributed by atoms with Crippen molar-refractivity contribution in [2.24, 2.45) is 0 Å². The van der Waals surface area contributed by atoms with Gasteiger partial charge >= 0.3 is 0 Å². The maximum Gasteiger partial charge on any atom is 0.265 e. The summed E-state index contributed by atoms with van der Waals surface area (Å²) < 4.78 is 38.3. The van der Waals surface area contributed by atoms with E-state index in [4.69, 9.17) is 21.1 Å². The first-order chi connectivity index (χ1) is 14.8. The predicted molar refractivity (Wildman–Crippen MR) is 120 cm³/mol. The summed E-state index contributed by atoms with van der Waals surface area (Å²) >= 11 is 5.89. The summed E-state index contributed by atoms with van der Waals surface area (Å²) in [6.07, 6.45) is -0.778. The molecular formula is C22H21ClN2O5S. The number of carbonyl (C=O) groups excluding carboxylic acids is 1. The Kier molecular flexibility index (Phi) is 7.04. The number of anilines is 2. The van der Waals surface area contributed by atoms with E-state index in [1.165, 1.54) is 30.3 Å². The first-order valence-electron chi connectivity index (χ1n) is 9.27. The molecule has 1 amide bonds. The second-order valence-corrected chi connectivity index (χ2v) is 8.69. The van der Waals surface area contributed by atoms with E-state index in [2.05, 4.69) is 10.0 Å². The number of halogens is 1. The van der Waals surface area contributed by atoms with E-state index in [-0.39, 0.29) is 10.8 Å². The van der Waals surface area contributed by atoms with E-state index in [0.29, 0.717) is 27.9 Å². The third kappa shape index (κ3) is 6.13. The number of hydrogen-bond donors (Lipinski definition) is 2. The number of amides is 1. The molecule has 162 valence electrons. The summed E-state index contributed by atoms with van der Waals surface area (Å²) in [6, 6.07) is 19.1. The summed E-state index contributed by atoms with van der Waals surface area (Å²) in [5.74, 6) is 0.735. The zero-order valence-corrected chi connectivity index (χ0v) is 18.4. The molecule has 1 atom stereocenters. The molecule has 0 radical (unpaired) electrons. The van der Waals surface area contributed by atoms with E-state index in [1.54, 1.807) is 56.5 Å². The van der Waals surface area contributed by atoms with Gasteiger partial charge in [0.25, 0.3) is 15.9 Å². The van der Waals surface area contributed by atoms with Crippen LogP contribution in [-0.2, 0) is 14.8 Å². The summed E-state index contributed by atoms with van der Waals surface area (Å²) in [5.41, 5.74) is 0.793. The molecule has 0 spiro atoms. The molecule has 0 aliphatic carbocycles. The summed E-state index contributed by atoms with van der Waals surface area (Å²) in [6.45, 7) is 1.61. The lowest BCUT2D eigenvalue weighted by atomic mass is 10.3. The molecule has 0 fully saturated rings. The van der Waals surface area contributed by atoms with Crippen molar-refractivity contribution in [2.45, 2.75) is 17.9 Å². The largest absolute Gasteiger partial charge is 0.497 e. The van der Waals surface area contributed by atoms with E-state index in [9.17, 15) is 13.2 Å². The predicted octanol–water partition coefficient (Wildman–Crippen LogP) is 4.56. The van der Waals surface area contributed by atoms with Crippen LogP contribution in [0.25, 0.3) is 0 Å².